The molecule has 4 rings (SSSR count). The topological polar surface area (TPSA) is 15.6 Å². The lowest BCUT2D eigenvalue weighted by Gasteiger charge is -2.48. The number of hydrazone groups is 1. The maximum atomic E-state index is 5.32. The second-order valence-corrected chi connectivity index (χ2v) is 10.1. The van der Waals surface area contributed by atoms with Gasteiger partial charge >= 0.3 is 0 Å². The summed E-state index contributed by atoms with van der Waals surface area (Å²) in [5, 5.41) is 8.01. The first-order valence-corrected chi connectivity index (χ1v) is 12.3. The van der Waals surface area contributed by atoms with Crippen LogP contribution >= 0.6 is 0 Å². The van der Waals surface area contributed by atoms with Crippen molar-refractivity contribution in [3.63, 3.8) is 0 Å². The Kier molecular flexibility index (Phi) is 6.95. The molecule has 3 atom stereocenters. The van der Waals surface area contributed by atoms with Crippen LogP contribution in [0.5, 0.6) is 0 Å². The van der Waals surface area contributed by atoms with E-state index >= 15 is 0 Å². The predicted molar refractivity (Wildman–Crippen MR) is 116 cm³/mol. The summed E-state index contributed by atoms with van der Waals surface area (Å²) >= 11 is 0. The first-order chi connectivity index (χ1) is 13.3. The minimum Gasteiger partial charge on any atom is -0.291 e. The van der Waals surface area contributed by atoms with Gasteiger partial charge in [0.05, 0.1) is 6.04 Å². The van der Waals surface area contributed by atoms with Crippen LogP contribution in [0.15, 0.2) is 17.8 Å². The Hall–Kier alpha value is -0.790. The SMILES string of the molecule is C=CC1CCC(C=NN(C2CCCCC2)C2CCCC3CCCCC32)CC1. The monoisotopic (exact) mass is 370 g/mol. The van der Waals surface area contributed by atoms with Crippen molar-refractivity contribution in [1.29, 1.82) is 0 Å². The standard InChI is InChI=1S/C25H42N2/c1-2-20-15-17-21(18-16-20)19-26-27(23-11-4-3-5-12-23)25-14-8-10-22-9-6-7-13-24(22)25/h2,19-25H,1,3-18H2. The van der Waals surface area contributed by atoms with Crippen LogP contribution < -0.4 is 0 Å². The Bertz CT molecular complexity index is 483. The Morgan fingerprint density at radius 1 is 0.667 bits per heavy atom. The van der Waals surface area contributed by atoms with E-state index in [0.29, 0.717) is 5.92 Å². The molecule has 2 heteroatoms. The van der Waals surface area contributed by atoms with Gasteiger partial charge < -0.3 is 0 Å². The molecule has 0 amide bonds. The zero-order chi connectivity index (χ0) is 18.5. The van der Waals surface area contributed by atoms with Crippen molar-refractivity contribution >= 4 is 6.21 Å². The molecule has 0 aromatic rings. The van der Waals surface area contributed by atoms with Crippen LogP contribution in [0.4, 0.5) is 0 Å². The van der Waals surface area contributed by atoms with Crippen LogP contribution in [-0.2, 0) is 0 Å². The fourth-order valence-corrected chi connectivity index (χ4v) is 6.73. The summed E-state index contributed by atoms with van der Waals surface area (Å²) in [7, 11) is 0. The van der Waals surface area contributed by atoms with E-state index in [9.17, 15) is 0 Å². The van der Waals surface area contributed by atoms with Gasteiger partial charge in [-0.25, -0.2) is 0 Å². The molecule has 4 saturated carbocycles. The lowest BCUT2D eigenvalue weighted by molar-refractivity contribution is 0.00647. The molecule has 2 nitrogen and oxygen atoms in total. The predicted octanol–water partition coefficient (Wildman–Crippen LogP) is 6.96. The van der Waals surface area contributed by atoms with E-state index in [4.69, 9.17) is 5.10 Å². The molecular weight excluding hydrogens is 328 g/mol. The molecule has 3 unspecified atom stereocenters. The summed E-state index contributed by atoms with van der Waals surface area (Å²) in [5.74, 6) is 3.40. The second kappa shape index (κ2) is 9.61. The molecule has 4 aliphatic rings. The summed E-state index contributed by atoms with van der Waals surface area (Å²) in [5.41, 5.74) is 0. The number of fused-ring (bicyclic) bond motifs is 1. The fourth-order valence-electron chi connectivity index (χ4n) is 6.73. The van der Waals surface area contributed by atoms with Crippen LogP contribution in [0.1, 0.15) is 103 Å². The molecule has 0 radical (unpaired) electrons. The zero-order valence-electron chi connectivity index (χ0n) is 17.5. The van der Waals surface area contributed by atoms with Crippen molar-refractivity contribution in [3.8, 4) is 0 Å². The molecular formula is C25H42N2. The molecule has 0 spiro atoms. The molecule has 0 aliphatic heterocycles. The number of hydrogen-bond acceptors (Lipinski definition) is 2. The quantitative estimate of drug-likeness (QED) is 0.290. The molecule has 0 heterocycles. The van der Waals surface area contributed by atoms with E-state index in [2.05, 4.69) is 23.9 Å². The minimum atomic E-state index is 0.707. The van der Waals surface area contributed by atoms with E-state index in [1.54, 1.807) is 0 Å². The van der Waals surface area contributed by atoms with Crippen molar-refractivity contribution in [2.45, 2.75) is 115 Å². The summed E-state index contributed by atoms with van der Waals surface area (Å²) in [6, 6.07) is 1.47. The van der Waals surface area contributed by atoms with Gasteiger partial charge in [0.15, 0.2) is 0 Å². The van der Waals surface area contributed by atoms with Crippen molar-refractivity contribution in [2.75, 3.05) is 0 Å². The lowest BCUT2D eigenvalue weighted by Crippen LogP contribution is -2.49. The van der Waals surface area contributed by atoms with E-state index in [0.717, 1.165) is 29.8 Å². The minimum absolute atomic E-state index is 0.707. The van der Waals surface area contributed by atoms with Gasteiger partial charge in [-0.2, -0.15) is 5.10 Å². The highest BCUT2D eigenvalue weighted by atomic mass is 15.5. The molecule has 152 valence electrons. The van der Waals surface area contributed by atoms with Gasteiger partial charge in [-0.1, -0.05) is 57.4 Å². The van der Waals surface area contributed by atoms with Gasteiger partial charge in [-0.15, -0.1) is 6.58 Å². The van der Waals surface area contributed by atoms with Gasteiger partial charge in [0, 0.05) is 12.3 Å². The van der Waals surface area contributed by atoms with Crippen LogP contribution in [0.25, 0.3) is 0 Å². The van der Waals surface area contributed by atoms with Crippen LogP contribution in [-0.4, -0.2) is 23.3 Å². The maximum absolute atomic E-state index is 5.32. The highest BCUT2D eigenvalue weighted by molar-refractivity contribution is 5.60. The Morgan fingerprint density at radius 3 is 2.11 bits per heavy atom. The van der Waals surface area contributed by atoms with Gasteiger partial charge in [0.25, 0.3) is 0 Å². The highest BCUT2D eigenvalue weighted by Gasteiger charge is 2.40. The zero-order valence-corrected chi connectivity index (χ0v) is 17.5. The van der Waals surface area contributed by atoms with Gasteiger partial charge in [0.1, 0.15) is 0 Å². The Morgan fingerprint density at radius 2 is 1.33 bits per heavy atom. The largest absolute Gasteiger partial charge is 0.291 e. The smallest absolute Gasteiger partial charge is 0.0504 e. The van der Waals surface area contributed by atoms with Crippen LogP contribution in [0.3, 0.4) is 0 Å². The summed E-state index contributed by atoms with van der Waals surface area (Å²) in [6.07, 6.45) is 27.1. The summed E-state index contributed by atoms with van der Waals surface area (Å²) in [4.78, 5) is 0. The summed E-state index contributed by atoms with van der Waals surface area (Å²) < 4.78 is 0. The molecule has 4 fully saturated rings. The lowest BCUT2D eigenvalue weighted by atomic mass is 9.68. The third-order valence-corrected chi connectivity index (χ3v) is 8.39. The van der Waals surface area contributed by atoms with E-state index in [1.165, 1.54) is 103 Å². The van der Waals surface area contributed by atoms with E-state index in [-0.39, 0.29) is 0 Å². The van der Waals surface area contributed by atoms with E-state index in [1.807, 2.05) is 0 Å². The molecule has 0 aromatic heterocycles. The fraction of sp³-hybridized carbons (Fsp3) is 0.880. The van der Waals surface area contributed by atoms with Gasteiger partial charge in [-0.3, -0.25) is 5.01 Å². The number of rotatable bonds is 5. The van der Waals surface area contributed by atoms with Crippen molar-refractivity contribution in [1.82, 2.24) is 5.01 Å². The van der Waals surface area contributed by atoms with Gasteiger partial charge in [0.2, 0.25) is 0 Å². The first kappa shape index (κ1) is 19.5. The van der Waals surface area contributed by atoms with Crippen molar-refractivity contribution in [3.05, 3.63) is 12.7 Å². The van der Waals surface area contributed by atoms with Crippen LogP contribution in [0, 0.1) is 23.7 Å². The first-order valence-electron chi connectivity index (χ1n) is 12.3. The molecule has 0 saturated heterocycles. The number of allylic oxidation sites excluding steroid dienone is 1. The summed E-state index contributed by atoms with van der Waals surface area (Å²) in [6.45, 7) is 4.00. The molecule has 4 aliphatic carbocycles. The maximum Gasteiger partial charge on any atom is 0.0504 e. The third-order valence-electron chi connectivity index (χ3n) is 8.39. The number of nitrogens with zero attached hydrogens (tertiary/aromatic N) is 2. The molecule has 0 N–H and O–H groups in total. The third kappa shape index (κ3) is 4.80. The van der Waals surface area contributed by atoms with Crippen molar-refractivity contribution in [2.24, 2.45) is 28.8 Å². The average Bonchev–Trinajstić information content (AvgIpc) is 2.75. The number of hydrogen-bond donors (Lipinski definition) is 0. The average molecular weight is 371 g/mol. The molecule has 27 heavy (non-hydrogen) atoms. The normalized spacial score (nSPS) is 38.4. The molecule has 0 aromatic carbocycles. The van der Waals surface area contributed by atoms with Crippen molar-refractivity contribution < 1.29 is 0 Å². The Balaban J connectivity index is 1.46. The second-order valence-electron chi connectivity index (χ2n) is 10.1. The Labute approximate surface area is 167 Å². The van der Waals surface area contributed by atoms with Gasteiger partial charge in [-0.05, 0) is 75.0 Å². The highest BCUT2D eigenvalue weighted by Crippen LogP contribution is 2.44. The van der Waals surface area contributed by atoms with Crippen LogP contribution in [0.2, 0.25) is 0 Å². The van der Waals surface area contributed by atoms with E-state index < -0.39 is 0 Å². The molecule has 0 bridgehead atoms.